The number of unbranched alkanes of at least 4 members (excludes halogenated alkanes) is 4. The Morgan fingerprint density at radius 3 is 2.44 bits per heavy atom. The summed E-state index contributed by atoms with van der Waals surface area (Å²) >= 11 is 0. The molecule has 3 rings (SSSR count). The monoisotopic (exact) mass is 372 g/mol. The van der Waals surface area contributed by atoms with Crippen LogP contribution in [0.5, 0.6) is 6.01 Å². The highest BCUT2D eigenvalue weighted by Crippen LogP contribution is 2.53. The largest absolute Gasteiger partial charge is 0.463 e. The Hall–Kier alpha value is -1.12. The van der Waals surface area contributed by atoms with Crippen LogP contribution >= 0.6 is 0 Å². The number of hydrogen-bond acceptors (Lipinski definition) is 3. The van der Waals surface area contributed by atoms with E-state index in [0.717, 1.165) is 12.5 Å². The first-order chi connectivity index (χ1) is 13.3. The molecule has 0 aromatic carbocycles. The number of nitrogens with zero attached hydrogens (tertiary/aromatic N) is 2. The minimum atomic E-state index is 0.555. The maximum atomic E-state index is 6.05. The summed E-state index contributed by atoms with van der Waals surface area (Å²) in [5.74, 6) is 1.54. The van der Waals surface area contributed by atoms with Crippen LogP contribution in [0, 0.1) is 17.3 Å². The molecule has 3 heteroatoms. The summed E-state index contributed by atoms with van der Waals surface area (Å²) in [6, 6.07) is 2.41. The molecule has 0 radical (unpaired) electrons. The summed E-state index contributed by atoms with van der Waals surface area (Å²) in [5.41, 5.74) is 0.594. The molecule has 2 aliphatic rings. The van der Waals surface area contributed by atoms with Gasteiger partial charge in [-0.15, -0.1) is 0 Å². The molecule has 1 aromatic rings. The van der Waals surface area contributed by atoms with Gasteiger partial charge in [0.05, 0.1) is 6.61 Å². The lowest BCUT2D eigenvalue weighted by atomic mass is 9.56. The molecule has 2 fully saturated rings. The van der Waals surface area contributed by atoms with Gasteiger partial charge in [0.1, 0.15) is 0 Å². The van der Waals surface area contributed by atoms with Crippen LogP contribution in [0.2, 0.25) is 0 Å². The van der Waals surface area contributed by atoms with Gasteiger partial charge in [0, 0.05) is 12.4 Å². The zero-order chi connectivity index (χ0) is 18.8. The lowest BCUT2D eigenvalue weighted by Gasteiger charge is -2.49. The van der Waals surface area contributed by atoms with E-state index in [-0.39, 0.29) is 0 Å². The second-order valence-corrected chi connectivity index (χ2v) is 9.08. The predicted molar refractivity (Wildman–Crippen MR) is 112 cm³/mol. The Labute approximate surface area is 166 Å². The fraction of sp³-hybridized carbons (Fsp3) is 0.833. The van der Waals surface area contributed by atoms with Crippen LogP contribution in [0.25, 0.3) is 0 Å². The Morgan fingerprint density at radius 2 is 1.67 bits per heavy atom. The van der Waals surface area contributed by atoms with Gasteiger partial charge < -0.3 is 4.74 Å². The standard InChI is InChI=1S/C24H40N2O/c1-2-3-4-5-9-15-24(16-10-6-11-17-24)22-14-8-7-13-21(22)20-27-23-25-18-12-19-26-23/h12,18-19,21-22H,2-11,13-17,20H2,1H3/t21-,22+/m1/s1. The van der Waals surface area contributed by atoms with Gasteiger partial charge in [0.25, 0.3) is 0 Å². The minimum Gasteiger partial charge on any atom is -0.463 e. The van der Waals surface area contributed by atoms with E-state index in [1.165, 1.54) is 96.3 Å². The van der Waals surface area contributed by atoms with Crippen molar-refractivity contribution in [2.24, 2.45) is 17.3 Å². The van der Waals surface area contributed by atoms with E-state index in [4.69, 9.17) is 4.74 Å². The van der Waals surface area contributed by atoms with Gasteiger partial charge in [-0.05, 0) is 55.4 Å². The van der Waals surface area contributed by atoms with E-state index in [9.17, 15) is 0 Å². The molecular formula is C24H40N2O. The molecule has 0 N–H and O–H groups in total. The molecule has 2 atom stereocenters. The first-order valence-corrected chi connectivity index (χ1v) is 11.7. The van der Waals surface area contributed by atoms with Crippen molar-refractivity contribution in [3.05, 3.63) is 18.5 Å². The zero-order valence-electron chi connectivity index (χ0n) is 17.5. The van der Waals surface area contributed by atoms with Crippen LogP contribution in [0.15, 0.2) is 18.5 Å². The van der Waals surface area contributed by atoms with Crippen LogP contribution in [0.3, 0.4) is 0 Å². The Kier molecular flexibility index (Phi) is 8.41. The van der Waals surface area contributed by atoms with Crippen LogP contribution in [0.1, 0.15) is 103 Å². The highest BCUT2D eigenvalue weighted by molar-refractivity contribution is 4.96. The third-order valence-electron chi connectivity index (χ3n) is 7.29. The second-order valence-electron chi connectivity index (χ2n) is 9.08. The quantitative estimate of drug-likeness (QED) is 0.416. The highest BCUT2D eigenvalue weighted by Gasteiger charge is 2.43. The van der Waals surface area contributed by atoms with Crippen molar-refractivity contribution in [1.29, 1.82) is 0 Å². The maximum absolute atomic E-state index is 6.05. The van der Waals surface area contributed by atoms with E-state index < -0.39 is 0 Å². The Morgan fingerprint density at radius 1 is 0.926 bits per heavy atom. The van der Waals surface area contributed by atoms with Gasteiger partial charge in [0.2, 0.25) is 0 Å². The van der Waals surface area contributed by atoms with Crippen molar-refractivity contribution in [3.63, 3.8) is 0 Å². The van der Waals surface area contributed by atoms with Crippen LogP contribution in [-0.4, -0.2) is 16.6 Å². The molecule has 0 amide bonds. The van der Waals surface area contributed by atoms with Gasteiger partial charge >= 0.3 is 6.01 Å². The molecule has 0 saturated heterocycles. The summed E-state index contributed by atoms with van der Waals surface area (Å²) < 4.78 is 6.05. The van der Waals surface area contributed by atoms with Gasteiger partial charge in [-0.25, -0.2) is 9.97 Å². The number of aromatic nitrogens is 2. The van der Waals surface area contributed by atoms with Crippen molar-refractivity contribution in [2.45, 2.75) is 103 Å². The molecule has 0 aliphatic heterocycles. The molecule has 1 aromatic heterocycles. The van der Waals surface area contributed by atoms with Gasteiger partial charge in [-0.3, -0.25) is 0 Å². The van der Waals surface area contributed by atoms with E-state index >= 15 is 0 Å². The summed E-state index contributed by atoms with van der Waals surface area (Å²) in [6.07, 6.45) is 24.8. The SMILES string of the molecule is CCCCCCCC1([C@H]2CCCC[C@@H]2COc2ncccn2)CCCCC1. The number of hydrogen-bond donors (Lipinski definition) is 0. The zero-order valence-corrected chi connectivity index (χ0v) is 17.5. The van der Waals surface area contributed by atoms with E-state index in [1.807, 2.05) is 6.07 Å². The molecule has 2 aliphatic carbocycles. The van der Waals surface area contributed by atoms with E-state index in [1.54, 1.807) is 12.4 Å². The molecule has 27 heavy (non-hydrogen) atoms. The molecule has 2 saturated carbocycles. The first-order valence-electron chi connectivity index (χ1n) is 11.7. The number of ether oxygens (including phenoxy) is 1. The van der Waals surface area contributed by atoms with Crippen molar-refractivity contribution >= 4 is 0 Å². The smallest absolute Gasteiger partial charge is 0.316 e. The summed E-state index contributed by atoms with van der Waals surface area (Å²) in [6.45, 7) is 3.12. The molecule has 0 spiro atoms. The maximum Gasteiger partial charge on any atom is 0.316 e. The molecule has 1 heterocycles. The van der Waals surface area contributed by atoms with Crippen molar-refractivity contribution in [1.82, 2.24) is 9.97 Å². The van der Waals surface area contributed by atoms with Gasteiger partial charge in [0.15, 0.2) is 0 Å². The van der Waals surface area contributed by atoms with E-state index in [0.29, 0.717) is 17.3 Å². The molecule has 0 unspecified atom stereocenters. The highest BCUT2D eigenvalue weighted by atomic mass is 16.5. The van der Waals surface area contributed by atoms with Crippen molar-refractivity contribution in [3.8, 4) is 6.01 Å². The fourth-order valence-corrected chi connectivity index (χ4v) is 5.90. The van der Waals surface area contributed by atoms with Gasteiger partial charge in [-0.1, -0.05) is 71.1 Å². The summed E-state index contributed by atoms with van der Waals surface area (Å²) in [4.78, 5) is 8.53. The molecular weight excluding hydrogens is 332 g/mol. The van der Waals surface area contributed by atoms with Crippen molar-refractivity contribution < 1.29 is 4.74 Å². The van der Waals surface area contributed by atoms with Crippen LogP contribution < -0.4 is 4.74 Å². The van der Waals surface area contributed by atoms with Gasteiger partial charge in [-0.2, -0.15) is 0 Å². The van der Waals surface area contributed by atoms with Crippen molar-refractivity contribution in [2.75, 3.05) is 6.61 Å². The Balaban J connectivity index is 1.62. The average Bonchev–Trinajstić information content (AvgIpc) is 2.74. The normalized spacial score (nSPS) is 25.2. The number of rotatable bonds is 10. The minimum absolute atomic E-state index is 0.555. The molecule has 3 nitrogen and oxygen atoms in total. The predicted octanol–water partition coefficient (Wildman–Crippen LogP) is 6.97. The third-order valence-corrected chi connectivity index (χ3v) is 7.29. The third kappa shape index (κ3) is 5.93. The Bertz CT molecular complexity index is 512. The topological polar surface area (TPSA) is 35.0 Å². The summed E-state index contributed by atoms with van der Waals surface area (Å²) in [7, 11) is 0. The lowest BCUT2D eigenvalue weighted by molar-refractivity contribution is -0.00283. The average molecular weight is 373 g/mol. The first kappa shape index (κ1) is 20.6. The fourth-order valence-electron chi connectivity index (χ4n) is 5.90. The van der Waals surface area contributed by atoms with Crippen LogP contribution in [0.4, 0.5) is 0 Å². The molecule has 152 valence electrons. The second kappa shape index (κ2) is 11.0. The summed E-state index contributed by atoms with van der Waals surface area (Å²) in [5, 5.41) is 0. The van der Waals surface area contributed by atoms with Crippen LogP contribution in [-0.2, 0) is 0 Å². The van der Waals surface area contributed by atoms with E-state index in [2.05, 4.69) is 16.9 Å². The molecule has 0 bridgehead atoms. The lowest BCUT2D eigenvalue weighted by Crippen LogP contribution is -2.41.